The molecule has 8 nitrogen and oxygen atoms in total. The van der Waals surface area contributed by atoms with Gasteiger partial charge in [0.25, 0.3) is 0 Å². The van der Waals surface area contributed by atoms with Gasteiger partial charge in [-0.05, 0) is 49.4 Å². The van der Waals surface area contributed by atoms with Gasteiger partial charge in [-0.1, -0.05) is 32.1 Å². The Morgan fingerprint density at radius 3 is 2.59 bits per heavy atom. The van der Waals surface area contributed by atoms with Gasteiger partial charge in [0.2, 0.25) is 0 Å². The topological polar surface area (TPSA) is 130 Å². The second kappa shape index (κ2) is 7.77. The predicted octanol–water partition coefficient (Wildman–Crippen LogP) is 1.79. The number of fused-ring (bicyclic) bond motifs is 1. The van der Waals surface area contributed by atoms with Gasteiger partial charge in [0.15, 0.2) is 0 Å². The van der Waals surface area contributed by atoms with Gasteiger partial charge in [-0.25, -0.2) is 8.98 Å². The summed E-state index contributed by atoms with van der Waals surface area (Å²) in [6.07, 6.45) is 3.12. The van der Waals surface area contributed by atoms with E-state index in [4.69, 9.17) is 13.5 Å². The lowest BCUT2D eigenvalue weighted by Crippen LogP contribution is -2.57. The lowest BCUT2D eigenvalue weighted by atomic mass is 9.46. The van der Waals surface area contributed by atoms with Crippen molar-refractivity contribution >= 4 is 16.4 Å². The fourth-order valence-electron chi connectivity index (χ4n) is 5.75. The molecule has 0 spiro atoms. The summed E-state index contributed by atoms with van der Waals surface area (Å²) < 4.78 is 40.9. The quantitative estimate of drug-likeness (QED) is 0.260. The molecule has 3 rings (SSSR count). The van der Waals surface area contributed by atoms with E-state index in [0.29, 0.717) is 25.7 Å². The summed E-state index contributed by atoms with van der Waals surface area (Å²) in [4.78, 5) is 11.8. The monoisotopic (exact) mass is 430 g/mol. The third kappa shape index (κ3) is 4.16. The lowest BCUT2D eigenvalue weighted by Gasteiger charge is -2.60. The number of allylic oxidation sites excluding steroid dienone is 2. The van der Waals surface area contributed by atoms with Gasteiger partial charge < -0.3 is 14.9 Å². The molecule has 0 amide bonds. The minimum atomic E-state index is -4.62. The zero-order valence-electron chi connectivity index (χ0n) is 16.8. The van der Waals surface area contributed by atoms with Crippen LogP contribution in [0.5, 0.6) is 0 Å². The molecule has 164 valence electrons. The number of rotatable bonds is 5. The summed E-state index contributed by atoms with van der Waals surface area (Å²) >= 11 is 0. The Kier molecular flexibility index (Phi) is 6.01. The van der Waals surface area contributed by atoms with Crippen molar-refractivity contribution in [3.63, 3.8) is 0 Å². The van der Waals surface area contributed by atoms with E-state index in [0.717, 1.165) is 12.0 Å². The number of carbonyl (C=O) groups excluding carboxylic acids is 1. The van der Waals surface area contributed by atoms with Crippen LogP contribution < -0.4 is 0 Å². The van der Waals surface area contributed by atoms with Crippen molar-refractivity contribution in [2.75, 3.05) is 13.2 Å². The van der Waals surface area contributed by atoms with E-state index in [1.165, 1.54) is 0 Å². The highest BCUT2D eigenvalue weighted by Gasteiger charge is 2.58. The number of ether oxygens (including phenoxy) is 1. The van der Waals surface area contributed by atoms with Crippen LogP contribution in [0.3, 0.4) is 0 Å². The molecule has 3 aliphatic rings. The highest BCUT2D eigenvalue weighted by Crippen LogP contribution is 2.62. The molecule has 0 aromatic rings. The molecule has 3 fully saturated rings. The summed E-state index contributed by atoms with van der Waals surface area (Å²) in [5, 5.41) is 20.7. The maximum Gasteiger partial charge on any atom is 0.397 e. The standard InChI is InChI=1S/C20H30O8S/c1-12-4-7-16-19(2,14(12)6-5-13-15(21)10-27-18(13)23)9-8-17(22)20(16,3)11-28-29(24,25)26/h5,14-17,21-22H,1,4,6-11H2,2-3H3,(H,24,25,26)/b13-5+/t14?,15-,16+,17-,19+,20+/m1/s1. The summed E-state index contributed by atoms with van der Waals surface area (Å²) in [7, 11) is -4.62. The fourth-order valence-corrected chi connectivity index (χ4v) is 6.15. The van der Waals surface area contributed by atoms with E-state index < -0.39 is 34.0 Å². The van der Waals surface area contributed by atoms with Crippen molar-refractivity contribution in [1.29, 1.82) is 0 Å². The lowest BCUT2D eigenvalue weighted by molar-refractivity contribution is -0.147. The Morgan fingerprint density at radius 1 is 1.31 bits per heavy atom. The van der Waals surface area contributed by atoms with E-state index in [2.05, 4.69) is 13.5 Å². The number of esters is 1. The first-order valence-electron chi connectivity index (χ1n) is 9.91. The van der Waals surface area contributed by atoms with Gasteiger partial charge in [-0.3, -0.25) is 4.55 Å². The van der Waals surface area contributed by atoms with Crippen LogP contribution in [0, 0.1) is 22.7 Å². The van der Waals surface area contributed by atoms with Gasteiger partial charge >= 0.3 is 16.4 Å². The Bertz CT molecular complexity index is 818. The molecule has 2 aliphatic carbocycles. The predicted molar refractivity (Wildman–Crippen MR) is 104 cm³/mol. The molecule has 6 atom stereocenters. The average Bonchev–Trinajstić information content (AvgIpc) is 2.94. The van der Waals surface area contributed by atoms with Gasteiger partial charge in [-0.2, -0.15) is 8.42 Å². The SMILES string of the molecule is C=C1CC[C@@H]2[C@](C)(COS(=O)(=O)O)[C@H](O)CC[C@@]2(C)C1C/C=C1/C(=O)OC[C@H]1O. The first-order chi connectivity index (χ1) is 13.4. The molecule has 0 bridgehead atoms. The van der Waals surface area contributed by atoms with E-state index in [1.807, 2.05) is 0 Å². The van der Waals surface area contributed by atoms with Crippen LogP contribution >= 0.6 is 0 Å². The number of carbonyl (C=O) groups is 1. The van der Waals surface area contributed by atoms with Crippen molar-refractivity contribution in [3.05, 3.63) is 23.8 Å². The first kappa shape index (κ1) is 22.4. The van der Waals surface area contributed by atoms with Crippen molar-refractivity contribution < 1.29 is 36.9 Å². The van der Waals surface area contributed by atoms with Crippen molar-refractivity contribution in [2.24, 2.45) is 22.7 Å². The minimum Gasteiger partial charge on any atom is -0.459 e. The summed E-state index contributed by atoms with van der Waals surface area (Å²) in [5.74, 6) is -0.590. The van der Waals surface area contributed by atoms with Gasteiger partial charge in [-0.15, -0.1) is 0 Å². The molecule has 1 heterocycles. The van der Waals surface area contributed by atoms with Crippen LogP contribution in [0.25, 0.3) is 0 Å². The Morgan fingerprint density at radius 2 is 2.00 bits per heavy atom. The Labute approximate surface area is 171 Å². The second-order valence-electron chi connectivity index (χ2n) is 9.07. The Hall–Kier alpha value is -1.26. The fraction of sp³-hybridized carbons (Fsp3) is 0.750. The van der Waals surface area contributed by atoms with Crippen LogP contribution in [0.15, 0.2) is 23.8 Å². The molecule has 0 aromatic carbocycles. The number of aliphatic hydroxyl groups excluding tert-OH is 2. The average molecular weight is 431 g/mol. The Balaban J connectivity index is 1.89. The van der Waals surface area contributed by atoms with Crippen LogP contribution in [-0.4, -0.2) is 54.6 Å². The number of aliphatic hydroxyl groups is 2. The van der Waals surface area contributed by atoms with Crippen LogP contribution in [0.2, 0.25) is 0 Å². The molecule has 0 radical (unpaired) electrons. The van der Waals surface area contributed by atoms with Crippen LogP contribution in [-0.2, 0) is 24.1 Å². The largest absolute Gasteiger partial charge is 0.459 e. The van der Waals surface area contributed by atoms with E-state index >= 15 is 0 Å². The van der Waals surface area contributed by atoms with Crippen molar-refractivity contribution in [3.8, 4) is 0 Å². The van der Waals surface area contributed by atoms with Gasteiger partial charge in [0.1, 0.15) is 12.7 Å². The summed E-state index contributed by atoms with van der Waals surface area (Å²) in [5.41, 5.74) is 0.129. The van der Waals surface area contributed by atoms with Crippen molar-refractivity contribution in [1.82, 2.24) is 0 Å². The zero-order chi connectivity index (χ0) is 21.6. The molecule has 2 saturated carbocycles. The zero-order valence-corrected chi connectivity index (χ0v) is 17.7. The minimum absolute atomic E-state index is 0.00749. The molecule has 0 aromatic heterocycles. The third-order valence-corrected chi connectivity index (χ3v) is 7.83. The molecule has 3 N–H and O–H groups in total. The van der Waals surface area contributed by atoms with E-state index in [9.17, 15) is 23.4 Å². The number of cyclic esters (lactones) is 1. The van der Waals surface area contributed by atoms with Gasteiger partial charge in [0, 0.05) is 5.41 Å². The summed E-state index contributed by atoms with van der Waals surface area (Å²) in [6.45, 7) is 7.79. The first-order valence-corrected chi connectivity index (χ1v) is 11.3. The van der Waals surface area contributed by atoms with Crippen LogP contribution in [0.1, 0.15) is 46.0 Å². The molecule has 29 heavy (non-hydrogen) atoms. The molecule has 1 unspecified atom stereocenters. The molecular formula is C20H30O8S. The third-order valence-electron chi connectivity index (χ3n) is 7.41. The van der Waals surface area contributed by atoms with E-state index in [-0.39, 0.29) is 36.0 Å². The smallest absolute Gasteiger partial charge is 0.397 e. The normalized spacial score (nSPS) is 42.0. The number of hydrogen-bond acceptors (Lipinski definition) is 7. The maximum atomic E-state index is 11.8. The highest BCUT2D eigenvalue weighted by molar-refractivity contribution is 7.80. The number of hydrogen-bond donors (Lipinski definition) is 3. The molecule has 1 aliphatic heterocycles. The highest BCUT2D eigenvalue weighted by atomic mass is 32.3. The van der Waals surface area contributed by atoms with Crippen LogP contribution in [0.4, 0.5) is 0 Å². The van der Waals surface area contributed by atoms with Crippen molar-refractivity contribution in [2.45, 2.75) is 58.2 Å². The second-order valence-corrected chi connectivity index (χ2v) is 10.2. The molecular weight excluding hydrogens is 400 g/mol. The summed E-state index contributed by atoms with van der Waals surface area (Å²) in [6, 6.07) is 0. The van der Waals surface area contributed by atoms with E-state index in [1.54, 1.807) is 13.0 Å². The molecule has 9 heteroatoms. The van der Waals surface area contributed by atoms with Gasteiger partial charge in [0.05, 0.1) is 18.3 Å². The molecule has 1 saturated heterocycles. The maximum absolute atomic E-state index is 11.8.